The van der Waals surface area contributed by atoms with Gasteiger partial charge in [0.05, 0.1) is 5.71 Å². The summed E-state index contributed by atoms with van der Waals surface area (Å²) in [6.45, 7) is 0. The lowest BCUT2D eigenvalue weighted by Crippen LogP contribution is -2.13. The lowest BCUT2D eigenvalue weighted by Gasteiger charge is -2.16. The molecule has 1 aromatic carbocycles. The van der Waals surface area contributed by atoms with Gasteiger partial charge in [-0.15, -0.1) is 0 Å². The molecule has 1 aliphatic carbocycles. The third kappa shape index (κ3) is 1.75. The first kappa shape index (κ1) is 8.75. The van der Waals surface area contributed by atoms with Crippen molar-refractivity contribution in [2.24, 2.45) is 5.16 Å². The topological polar surface area (TPSA) is 32.6 Å². The Hall–Kier alpha value is -0.830. The predicted octanol–water partition coefficient (Wildman–Crippen LogP) is 2.77. The molecule has 1 aliphatic rings. The molecule has 2 nitrogen and oxygen atoms in total. The van der Waals surface area contributed by atoms with Crippen molar-refractivity contribution in [3.05, 3.63) is 33.8 Å². The summed E-state index contributed by atoms with van der Waals surface area (Å²) >= 11 is 3.43. The second kappa shape index (κ2) is 3.50. The number of oxime groups is 1. The molecule has 0 aliphatic heterocycles. The second-order valence-electron chi connectivity index (χ2n) is 3.26. The molecule has 0 atom stereocenters. The van der Waals surface area contributed by atoms with E-state index in [1.54, 1.807) is 0 Å². The summed E-state index contributed by atoms with van der Waals surface area (Å²) in [4.78, 5) is 0. The zero-order valence-corrected chi connectivity index (χ0v) is 8.71. The SMILES string of the molecule is O/N=C1/CCc2ccc(Br)cc2C1. The highest BCUT2D eigenvalue weighted by Crippen LogP contribution is 2.23. The van der Waals surface area contributed by atoms with Crippen molar-refractivity contribution in [3.63, 3.8) is 0 Å². The number of benzene rings is 1. The van der Waals surface area contributed by atoms with Gasteiger partial charge in [0.15, 0.2) is 0 Å². The molecule has 0 heterocycles. The molecule has 13 heavy (non-hydrogen) atoms. The highest BCUT2D eigenvalue weighted by atomic mass is 79.9. The van der Waals surface area contributed by atoms with Crippen LogP contribution in [0.15, 0.2) is 27.8 Å². The molecule has 0 saturated carbocycles. The molecule has 0 saturated heterocycles. The second-order valence-corrected chi connectivity index (χ2v) is 4.17. The van der Waals surface area contributed by atoms with E-state index in [1.807, 2.05) is 0 Å². The van der Waals surface area contributed by atoms with E-state index < -0.39 is 0 Å². The molecule has 0 bridgehead atoms. The standard InChI is InChI=1S/C10H10BrNO/c11-9-3-1-7-2-4-10(12-13)6-8(7)5-9/h1,3,5,13H,2,4,6H2/b12-10-. The Balaban J connectivity index is 2.38. The van der Waals surface area contributed by atoms with Crippen molar-refractivity contribution >= 4 is 21.6 Å². The molecule has 0 aromatic heterocycles. The molecule has 0 spiro atoms. The zero-order chi connectivity index (χ0) is 9.26. The fourth-order valence-electron chi connectivity index (χ4n) is 1.68. The van der Waals surface area contributed by atoms with Crippen molar-refractivity contribution in [2.45, 2.75) is 19.3 Å². The van der Waals surface area contributed by atoms with Gasteiger partial charge in [0.25, 0.3) is 0 Å². The number of halogens is 1. The normalized spacial score (nSPS) is 18.7. The smallest absolute Gasteiger partial charge is 0.0617 e. The van der Waals surface area contributed by atoms with Crippen LogP contribution in [0.25, 0.3) is 0 Å². The van der Waals surface area contributed by atoms with Crippen LogP contribution in [-0.4, -0.2) is 10.9 Å². The van der Waals surface area contributed by atoms with Crippen molar-refractivity contribution in [3.8, 4) is 0 Å². The maximum absolute atomic E-state index is 8.66. The van der Waals surface area contributed by atoms with Gasteiger partial charge in [0.1, 0.15) is 0 Å². The molecule has 2 rings (SSSR count). The lowest BCUT2D eigenvalue weighted by atomic mass is 9.90. The van der Waals surface area contributed by atoms with Crippen LogP contribution >= 0.6 is 15.9 Å². The van der Waals surface area contributed by atoms with Gasteiger partial charge in [0.2, 0.25) is 0 Å². The van der Waals surface area contributed by atoms with Crippen molar-refractivity contribution in [2.75, 3.05) is 0 Å². The third-order valence-corrected chi connectivity index (χ3v) is 2.88. The van der Waals surface area contributed by atoms with Crippen LogP contribution in [0.3, 0.4) is 0 Å². The summed E-state index contributed by atoms with van der Waals surface area (Å²) in [5.74, 6) is 0. The number of hydrogen-bond donors (Lipinski definition) is 1. The monoisotopic (exact) mass is 239 g/mol. The van der Waals surface area contributed by atoms with Gasteiger partial charge in [-0.2, -0.15) is 0 Å². The van der Waals surface area contributed by atoms with Crippen LogP contribution in [0.4, 0.5) is 0 Å². The average Bonchev–Trinajstić information content (AvgIpc) is 2.16. The Morgan fingerprint density at radius 2 is 2.08 bits per heavy atom. The molecule has 1 aromatic rings. The lowest BCUT2D eigenvalue weighted by molar-refractivity contribution is 0.316. The highest BCUT2D eigenvalue weighted by molar-refractivity contribution is 9.10. The van der Waals surface area contributed by atoms with Crippen LogP contribution in [0.1, 0.15) is 17.5 Å². The van der Waals surface area contributed by atoms with E-state index in [-0.39, 0.29) is 0 Å². The molecule has 1 N–H and O–H groups in total. The van der Waals surface area contributed by atoms with Gasteiger partial charge < -0.3 is 5.21 Å². The number of hydrogen-bond acceptors (Lipinski definition) is 2. The zero-order valence-electron chi connectivity index (χ0n) is 7.13. The predicted molar refractivity (Wildman–Crippen MR) is 55.4 cm³/mol. The summed E-state index contributed by atoms with van der Waals surface area (Å²) in [7, 11) is 0. The first-order chi connectivity index (χ1) is 6.29. The fourth-order valence-corrected chi connectivity index (χ4v) is 2.08. The first-order valence-electron chi connectivity index (χ1n) is 4.26. The van der Waals surface area contributed by atoms with Crippen LogP contribution in [0.5, 0.6) is 0 Å². The first-order valence-corrected chi connectivity index (χ1v) is 5.06. The number of rotatable bonds is 0. The van der Waals surface area contributed by atoms with Gasteiger partial charge in [-0.25, -0.2) is 0 Å². The molecular weight excluding hydrogens is 230 g/mol. The molecule has 3 heteroatoms. The minimum atomic E-state index is 0.783. The molecular formula is C10H10BrNO. The number of aryl methyl sites for hydroxylation is 1. The third-order valence-electron chi connectivity index (χ3n) is 2.39. The van der Waals surface area contributed by atoms with Crippen molar-refractivity contribution < 1.29 is 5.21 Å². The van der Waals surface area contributed by atoms with Gasteiger partial charge in [0, 0.05) is 10.9 Å². The molecule has 0 amide bonds. The van der Waals surface area contributed by atoms with E-state index >= 15 is 0 Å². The Bertz CT molecular complexity index is 360. The van der Waals surface area contributed by atoms with Gasteiger partial charge in [-0.3, -0.25) is 0 Å². The summed E-state index contributed by atoms with van der Waals surface area (Å²) in [5, 5.41) is 11.9. The summed E-state index contributed by atoms with van der Waals surface area (Å²) in [6.07, 6.45) is 2.65. The Morgan fingerprint density at radius 1 is 1.23 bits per heavy atom. The molecule has 0 unspecified atom stereocenters. The Kier molecular flexibility index (Phi) is 2.36. The fraction of sp³-hybridized carbons (Fsp3) is 0.300. The van der Waals surface area contributed by atoms with E-state index in [4.69, 9.17) is 5.21 Å². The van der Waals surface area contributed by atoms with Crippen LogP contribution < -0.4 is 0 Å². The van der Waals surface area contributed by atoms with E-state index in [1.165, 1.54) is 11.1 Å². The summed E-state index contributed by atoms with van der Waals surface area (Å²) in [5.41, 5.74) is 3.52. The van der Waals surface area contributed by atoms with Crippen LogP contribution in [-0.2, 0) is 12.8 Å². The van der Waals surface area contributed by atoms with Gasteiger partial charge in [-0.1, -0.05) is 27.2 Å². The number of nitrogens with zero attached hydrogens (tertiary/aromatic N) is 1. The number of fused-ring (bicyclic) bond motifs is 1. The average molecular weight is 240 g/mol. The summed E-state index contributed by atoms with van der Waals surface area (Å²) in [6, 6.07) is 6.28. The molecule has 0 fully saturated rings. The van der Waals surface area contributed by atoms with Crippen molar-refractivity contribution in [1.29, 1.82) is 0 Å². The Morgan fingerprint density at radius 3 is 2.85 bits per heavy atom. The molecule has 68 valence electrons. The maximum Gasteiger partial charge on any atom is 0.0617 e. The van der Waals surface area contributed by atoms with E-state index in [2.05, 4.69) is 39.3 Å². The van der Waals surface area contributed by atoms with Crippen LogP contribution in [0.2, 0.25) is 0 Å². The van der Waals surface area contributed by atoms with Gasteiger partial charge in [-0.05, 0) is 36.1 Å². The summed E-state index contributed by atoms with van der Waals surface area (Å²) < 4.78 is 1.09. The minimum absolute atomic E-state index is 0.783. The van der Waals surface area contributed by atoms with E-state index in [0.717, 1.165) is 29.4 Å². The van der Waals surface area contributed by atoms with Crippen molar-refractivity contribution in [1.82, 2.24) is 0 Å². The van der Waals surface area contributed by atoms with E-state index in [0.29, 0.717) is 0 Å². The van der Waals surface area contributed by atoms with Gasteiger partial charge >= 0.3 is 0 Å². The minimum Gasteiger partial charge on any atom is -0.411 e. The highest BCUT2D eigenvalue weighted by Gasteiger charge is 2.14. The van der Waals surface area contributed by atoms with E-state index in [9.17, 15) is 0 Å². The molecule has 0 radical (unpaired) electrons. The quantitative estimate of drug-likeness (QED) is 0.548. The largest absolute Gasteiger partial charge is 0.411 e. The maximum atomic E-state index is 8.66. The Labute approximate surface area is 85.4 Å². The van der Waals surface area contributed by atoms with Crippen LogP contribution in [0, 0.1) is 0 Å².